The first kappa shape index (κ1) is 21.4. The summed E-state index contributed by atoms with van der Waals surface area (Å²) in [5.74, 6) is 0.918. The quantitative estimate of drug-likeness (QED) is 0.577. The van der Waals surface area contributed by atoms with Crippen molar-refractivity contribution in [1.82, 2.24) is 9.97 Å². The van der Waals surface area contributed by atoms with E-state index in [1.807, 2.05) is 6.07 Å². The topological polar surface area (TPSA) is 93.4 Å². The van der Waals surface area contributed by atoms with Gasteiger partial charge < -0.3 is 15.8 Å². The lowest BCUT2D eigenvalue weighted by molar-refractivity contribution is -0.137. The van der Waals surface area contributed by atoms with Crippen LogP contribution in [0.2, 0.25) is 0 Å². The van der Waals surface area contributed by atoms with Crippen molar-refractivity contribution in [1.29, 1.82) is 0 Å². The van der Waals surface area contributed by atoms with Crippen LogP contribution in [-0.2, 0) is 12.6 Å². The summed E-state index contributed by atoms with van der Waals surface area (Å²) in [6.45, 7) is 0.445. The molecule has 166 valence electrons. The van der Waals surface area contributed by atoms with Gasteiger partial charge in [0.25, 0.3) is 0 Å². The molecule has 3 N–H and O–H groups in total. The minimum atomic E-state index is -4.49. The van der Waals surface area contributed by atoms with Crippen LogP contribution in [0.15, 0.2) is 54.7 Å². The molecule has 0 atom stereocenters. The molecule has 2 aromatic carbocycles. The van der Waals surface area contributed by atoms with Gasteiger partial charge in [0, 0.05) is 30.2 Å². The van der Waals surface area contributed by atoms with Gasteiger partial charge in [-0.2, -0.15) is 18.2 Å². The maximum absolute atomic E-state index is 13.0. The molecule has 1 aliphatic rings. The molecule has 2 heterocycles. The second-order valence-corrected chi connectivity index (χ2v) is 7.26. The van der Waals surface area contributed by atoms with Gasteiger partial charge in [-0.3, -0.25) is 4.90 Å². The highest BCUT2D eigenvalue weighted by Crippen LogP contribution is 2.33. The Hall–Kier alpha value is -3.82. The average Bonchev–Trinajstić information content (AvgIpc) is 2.95. The average molecular weight is 443 g/mol. The van der Waals surface area contributed by atoms with Gasteiger partial charge in [-0.15, -0.1) is 0 Å². The first-order valence-electron chi connectivity index (χ1n) is 9.95. The number of nitrogens with two attached hydrogens (primary N) is 1. The molecule has 4 rings (SSSR count). The maximum atomic E-state index is 13.0. The third-order valence-electron chi connectivity index (χ3n) is 4.98. The molecule has 10 heteroatoms. The molecule has 0 fully saturated rings. The molecule has 7 nitrogen and oxygen atoms in total. The highest BCUT2D eigenvalue weighted by atomic mass is 19.4. The molecule has 0 saturated carbocycles. The summed E-state index contributed by atoms with van der Waals surface area (Å²) in [5.41, 5.74) is 6.41. The van der Waals surface area contributed by atoms with Crippen LogP contribution in [-0.4, -0.2) is 22.5 Å². The number of carbonyl (C=O) groups excluding carboxylic acids is 1. The zero-order chi connectivity index (χ0) is 22.7. The normalized spacial score (nSPS) is 13.8. The number of halogens is 3. The number of hydrogen-bond acceptors (Lipinski definition) is 5. The molecule has 32 heavy (non-hydrogen) atoms. The van der Waals surface area contributed by atoms with Crippen molar-refractivity contribution in [2.75, 3.05) is 22.5 Å². The number of aromatic nitrogens is 2. The molecular weight excluding hydrogens is 423 g/mol. The second-order valence-electron chi connectivity index (χ2n) is 7.26. The van der Waals surface area contributed by atoms with E-state index in [-0.39, 0.29) is 11.6 Å². The zero-order valence-electron chi connectivity index (χ0n) is 16.9. The molecule has 3 aromatic rings. The Morgan fingerprint density at radius 1 is 1.12 bits per heavy atom. The first-order chi connectivity index (χ1) is 15.3. The lowest BCUT2D eigenvalue weighted by Crippen LogP contribution is -2.35. The molecule has 1 aromatic heterocycles. The van der Waals surface area contributed by atoms with Crippen molar-refractivity contribution in [2.45, 2.75) is 25.4 Å². The predicted octanol–water partition coefficient (Wildman–Crippen LogP) is 5.24. The van der Waals surface area contributed by atoms with Gasteiger partial charge in [0.1, 0.15) is 5.75 Å². The van der Waals surface area contributed by atoms with E-state index in [1.54, 1.807) is 18.2 Å². The molecule has 0 spiro atoms. The Morgan fingerprint density at radius 2 is 1.97 bits per heavy atom. The highest BCUT2D eigenvalue weighted by molar-refractivity contribution is 6.02. The lowest BCUT2D eigenvalue weighted by Gasteiger charge is -2.24. The Morgan fingerprint density at radius 3 is 2.75 bits per heavy atom. The number of benzene rings is 2. The van der Waals surface area contributed by atoms with Gasteiger partial charge >= 0.3 is 12.2 Å². The molecule has 2 amide bonds. The number of alkyl halides is 3. The van der Waals surface area contributed by atoms with Crippen molar-refractivity contribution in [3.05, 3.63) is 65.9 Å². The fourth-order valence-electron chi connectivity index (χ4n) is 3.50. The van der Waals surface area contributed by atoms with Crippen LogP contribution in [0, 0.1) is 0 Å². The number of hydrogen-bond donors (Lipinski definition) is 2. The van der Waals surface area contributed by atoms with Crippen molar-refractivity contribution >= 4 is 23.4 Å². The summed E-state index contributed by atoms with van der Waals surface area (Å²) >= 11 is 0. The summed E-state index contributed by atoms with van der Waals surface area (Å²) in [6.07, 6.45) is -0.666. The van der Waals surface area contributed by atoms with Gasteiger partial charge in [-0.05, 0) is 61.2 Å². The molecular formula is C22H20F3N5O2. The third-order valence-corrected chi connectivity index (χ3v) is 4.98. The summed E-state index contributed by atoms with van der Waals surface area (Å²) in [7, 11) is 0. The van der Waals surface area contributed by atoms with Gasteiger partial charge in [0.2, 0.25) is 11.8 Å². The van der Waals surface area contributed by atoms with E-state index in [2.05, 4.69) is 15.3 Å². The van der Waals surface area contributed by atoms with E-state index in [1.165, 1.54) is 23.2 Å². The number of ether oxygens (including phenoxy) is 1. The van der Waals surface area contributed by atoms with Crippen LogP contribution in [0.4, 0.5) is 35.3 Å². The van der Waals surface area contributed by atoms with Crippen molar-refractivity contribution in [3.63, 3.8) is 0 Å². The number of carbonyl (C=O) groups is 1. The minimum Gasteiger partial charge on any atom is -0.439 e. The van der Waals surface area contributed by atoms with Crippen LogP contribution in [0.5, 0.6) is 11.6 Å². The highest BCUT2D eigenvalue weighted by Gasteiger charge is 2.31. The van der Waals surface area contributed by atoms with Crippen molar-refractivity contribution < 1.29 is 22.7 Å². The number of nitrogen functional groups attached to an aromatic ring is 1. The lowest BCUT2D eigenvalue weighted by atomic mass is 10.1. The van der Waals surface area contributed by atoms with Gasteiger partial charge in [-0.1, -0.05) is 6.07 Å². The van der Waals surface area contributed by atoms with E-state index >= 15 is 0 Å². The number of fused-ring (bicyclic) bond motifs is 1. The number of urea groups is 1. The van der Waals surface area contributed by atoms with Crippen LogP contribution >= 0.6 is 0 Å². The molecule has 0 unspecified atom stereocenters. The smallest absolute Gasteiger partial charge is 0.416 e. The molecule has 0 bridgehead atoms. The summed E-state index contributed by atoms with van der Waals surface area (Å²) in [6, 6.07) is 10.9. The van der Waals surface area contributed by atoms with E-state index < -0.39 is 17.8 Å². The molecule has 0 saturated heterocycles. The number of anilines is 3. The Balaban J connectivity index is 1.55. The number of aryl methyl sites for hydroxylation is 1. The zero-order valence-corrected chi connectivity index (χ0v) is 16.9. The monoisotopic (exact) mass is 443 g/mol. The summed E-state index contributed by atoms with van der Waals surface area (Å²) < 4.78 is 44.7. The number of rotatable bonds is 3. The number of amides is 2. The van der Waals surface area contributed by atoms with Gasteiger partial charge in [0.15, 0.2) is 0 Å². The van der Waals surface area contributed by atoms with E-state index in [0.29, 0.717) is 23.9 Å². The van der Waals surface area contributed by atoms with E-state index in [0.717, 1.165) is 37.0 Å². The Labute approximate surface area is 182 Å². The largest absolute Gasteiger partial charge is 0.439 e. The third kappa shape index (κ3) is 4.90. The van der Waals surface area contributed by atoms with Crippen LogP contribution < -0.4 is 20.7 Å². The summed E-state index contributed by atoms with van der Waals surface area (Å²) in [4.78, 5) is 22.3. The SMILES string of the molecule is Nc1nccc(Oc2ccc3c(c2)CCCCN3C(=O)Nc2cccc(C(F)(F)F)c2)n1. The Kier molecular flexibility index (Phi) is 5.85. The van der Waals surface area contributed by atoms with Gasteiger partial charge in [-0.25, -0.2) is 9.78 Å². The van der Waals surface area contributed by atoms with E-state index in [9.17, 15) is 18.0 Å². The van der Waals surface area contributed by atoms with Crippen molar-refractivity contribution in [2.24, 2.45) is 0 Å². The second kappa shape index (κ2) is 8.74. The van der Waals surface area contributed by atoms with Crippen LogP contribution in [0.1, 0.15) is 24.0 Å². The number of nitrogens with one attached hydrogen (secondary N) is 1. The van der Waals surface area contributed by atoms with Gasteiger partial charge in [0.05, 0.1) is 5.56 Å². The fraction of sp³-hybridized carbons (Fsp3) is 0.227. The first-order valence-corrected chi connectivity index (χ1v) is 9.95. The predicted molar refractivity (Wildman–Crippen MR) is 114 cm³/mol. The fourth-order valence-corrected chi connectivity index (χ4v) is 3.50. The standard InChI is InChI=1S/C22H20F3N5O2/c23-22(24,25)15-5-3-6-16(13-15)28-21(31)30-11-2-1-4-14-12-17(7-8-18(14)30)32-19-9-10-27-20(26)29-19/h3,5-10,12-13H,1-2,4,11H2,(H,28,31)(H2,26,27,29). The van der Waals surface area contributed by atoms with E-state index in [4.69, 9.17) is 10.5 Å². The van der Waals surface area contributed by atoms with Crippen molar-refractivity contribution in [3.8, 4) is 11.6 Å². The molecule has 0 radical (unpaired) electrons. The summed E-state index contributed by atoms with van der Waals surface area (Å²) in [5, 5.41) is 2.58. The van der Waals surface area contributed by atoms with Crippen LogP contribution in [0.3, 0.4) is 0 Å². The molecule has 1 aliphatic heterocycles. The number of nitrogens with zero attached hydrogens (tertiary/aromatic N) is 3. The minimum absolute atomic E-state index is 0.0805. The maximum Gasteiger partial charge on any atom is 0.416 e. The molecule has 0 aliphatic carbocycles. The van der Waals surface area contributed by atoms with Crippen LogP contribution in [0.25, 0.3) is 0 Å². The Bertz CT molecular complexity index is 1140.